The van der Waals surface area contributed by atoms with E-state index >= 15 is 0 Å². The molecular formula is C30H43ClN2O12. The highest BCUT2D eigenvalue weighted by atomic mass is 35.5. The van der Waals surface area contributed by atoms with E-state index in [1.807, 2.05) is 0 Å². The minimum Gasteiger partial charge on any atom is -0.493 e. The molecule has 0 aliphatic carbocycles. The summed E-state index contributed by atoms with van der Waals surface area (Å²) in [7, 11) is 1.38. The lowest BCUT2D eigenvalue weighted by molar-refractivity contribution is -0.288. The van der Waals surface area contributed by atoms with Crippen LogP contribution in [0.4, 0.5) is 0 Å². The van der Waals surface area contributed by atoms with Crippen LogP contribution in [0.1, 0.15) is 63.7 Å². The number of rotatable bonds is 13. The molecule has 0 bridgehead atoms. The molecule has 0 aromatic heterocycles. The summed E-state index contributed by atoms with van der Waals surface area (Å²) in [5.74, 6) is -2.93. The van der Waals surface area contributed by atoms with Crippen LogP contribution < -0.4 is 14.8 Å². The molecule has 3 rings (SSSR count). The van der Waals surface area contributed by atoms with Crippen LogP contribution in [0, 0.1) is 0 Å². The Bertz CT molecular complexity index is 1180. The molecule has 1 amide bonds. The summed E-state index contributed by atoms with van der Waals surface area (Å²) in [5, 5.41) is 2.92. The van der Waals surface area contributed by atoms with E-state index in [0.29, 0.717) is 12.1 Å². The van der Waals surface area contributed by atoms with Crippen molar-refractivity contribution >= 4 is 42.2 Å². The highest BCUT2D eigenvalue weighted by Crippen LogP contribution is 2.35. The molecule has 0 radical (unpaired) electrons. The van der Waals surface area contributed by atoms with Crippen LogP contribution in [0.5, 0.6) is 11.5 Å². The van der Waals surface area contributed by atoms with E-state index in [4.69, 9.17) is 33.2 Å². The van der Waals surface area contributed by atoms with Gasteiger partial charge in [0.1, 0.15) is 12.7 Å². The van der Waals surface area contributed by atoms with Crippen molar-refractivity contribution in [1.29, 1.82) is 0 Å². The average molecular weight is 659 g/mol. The zero-order chi connectivity index (χ0) is 32.2. The highest BCUT2D eigenvalue weighted by molar-refractivity contribution is 5.94. The first kappa shape index (κ1) is 37.6. The van der Waals surface area contributed by atoms with Gasteiger partial charge >= 0.3 is 23.9 Å². The number of hydrogen-bond acceptors (Lipinski definition) is 13. The molecular weight excluding hydrogens is 616 g/mol. The first-order valence-corrected chi connectivity index (χ1v) is 14.6. The molecule has 1 aromatic rings. The van der Waals surface area contributed by atoms with E-state index < -0.39 is 61.2 Å². The van der Waals surface area contributed by atoms with Crippen molar-refractivity contribution in [3.63, 3.8) is 0 Å². The number of piperidine rings is 1. The predicted octanol–water partition coefficient (Wildman–Crippen LogP) is 2.18. The van der Waals surface area contributed by atoms with Crippen LogP contribution >= 0.6 is 12.4 Å². The van der Waals surface area contributed by atoms with E-state index in [-0.39, 0.29) is 29.8 Å². The Labute approximate surface area is 268 Å². The van der Waals surface area contributed by atoms with Crippen molar-refractivity contribution in [3.05, 3.63) is 23.8 Å². The lowest BCUT2D eigenvalue weighted by Crippen LogP contribution is -2.63. The van der Waals surface area contributed by atoms with Gasteiger partial charge in [-0.05, 0) is 57.1 Å². The van der Waals surface area contributed by atoms with Gasteiger partial charge in [-0.25, -0.2) is 0 Å². The molecule has 5 atom stereocenters. The van der Waals surface area contributed by atoms with Crippen molar-refractivity contribution in [2.75, 3.05) is 39.9 Å². The predicted molar refractivity (Wildman–Crippen MR) is 160 cm³/mol. The first-order chi connectivity index (χ1) is 21.0. The van der Waals surface area contributed by atoms with Gasteiger partial charge in [0.2, 0.25) is 12.4 Å². The number of methoxy groups -OCH3 is 1. The van der Waals surface area contributed by atoms with Gasteiger partial charge in [-0.15, -0.1) is 12.4 Å². The molecule has 5 unspecified atom stereocenters. The van der Waals surface area contributed by atoms with Crippen LogP contribution in [-0.2, 0) is 42.9 Å². The quantitative estimate of drug-likeness (QED) is 0.186. The van der Waals surface area contributed by atoms with E-state index in [2.05, 4.69) is 10.2 Å². The van der Waals surface area contributed by atoms with E-state index in [1.54, 1.807) is 0 Å². The smallest absolute Gasteiger partial charge is 0.303 e. The lowest BCUT2D eigenvalue weighted by Gasteiger charge is -2.44. The second kappa shape index (κ2) is 18.4. The van der Waals surface area contributed by atoms with Gasteiger partial charge in [0, 0.05) is 39.8 Å². The topological polar surface area (TPSA) is 165 Å². The number of likely N-dealkylation sites (tertiary alicyclic amines) is 1. The summed E-state index contributed by atoms with van der Waals surface area (Å²) < 4.78 is 38.9. The van der Waals surface area contributed by atoms with Gasteiger partial charge in [-0.3, -0.25) is 24.0 Å². The Balaban J connectivity index is 0.00000705. The van der Waals surface area contributed by atoms with Gasteiger partial charge in [0.05, 0.1) is 7.11 Å². The molecule has 15 heteroatoms. The summed E-state index contributed by atoms with van der Waals surface area (Å²) in [5.41, 5.74) is 0.328. The summed E-state index contributed by atoms with van der Waals surface area (Å²) in [6, 6.07) is 4.50. The Hall–Kier alpha value is -3.62. The zero-order valence-corrected chi connectivity index (χ0v) is 27.1. The fraction of sp³-hybridized carbons (Fsp3) is 0.633. The van der Waals surface area contributed by atoms with Gasteiger partial charge in [-0.1, -0.05) is 6.42 Å². The fourth-order valence-corrected chi connectivity index (χ4v) is 5.10. The Kier molecular flexibility index (Phi) is 15.3. The maximum atomic E-state index is 12.8. The third-order valence-corrected chi connectivity index (χ3v) is 7.00. The number of nitrogens with zero attached hydrogens (tertiary/aromatic N) is 1. The Morgan fingerprint density at radius 3 is 2.07 bits per heavy atom. The van der Waals surface area contributed by atoms with Gasteiger partial charge in [0.25, 0.3) is 5.91 Å². The highest BCUT2D eigenvalue weighted by Gasteiger charge is 2.53. The number of halogens is 1. The van der Waals surface area contributed by atoms with Crippen molar-refractivity contribution in [2.45, 2.75) is 84.1 Å². The average Bonchev–Trinajstić information content (AvgIpc) is 2.97. The zero-order valence-electron chi connectivity index (χ0n) is 26.2. The van der Waals surface area contributed by atoms with E-state index in [9.17, 15) is 24.0 Å². The molecule has 2 aliphatic heterocycles. The molecule has 0 spiro atoms. The third-order valence-electron chi connectivity index (χ3n) is 7.00. The minimum absolute atomic E-state index is 0. The molecule has 45 heavy (non-hydrogen) atoms. The number of amides is 1. The van der Waals surface area contributed by atoms with Gasteiger partial charge in [-0.2, -0.15) is 0 Å². The van der Waals surface area contributed by atoms with Crippen molar-refractivity contribution in [1.82, 2.24) is 10.2 Å². The first-order valence-electron chi connectivity index (χ1n) is 14.6. The number of esters is 4. The molecule has 252 valence electrons. The Morgan fingerprint density at radius 1 is 0.844 bits per heavy atom. The maximum Gasteiger partial charge on any atom is 0.303 e. The standard InChI is InChI=1S/C30H42N2O12.ClH/c1-18(33)39-17-25-26(40-19(2)34)27(41-20(3)35)28(42-21(4)36)30(44-25)43-23-11-10-22(16-24(23)38-5)29(37)31-12-9-15-32-13-7-6-8-14-32;/h10-11,16,25-28,30H,6-9,12-15,17H2,1-5H3,(H,31,37);1H. The summed E-state index contributed by atoms with van der Waals surface area (Å²) in [4.78, 5) is 62.9. The van der Waals surface area contributed by atoms with Crippen molar-refractivity contribution in [3.8, 4) is 11.5 Å². The second-order valence-corrected chi connectivity index (χ2v) is 10.6. The van der Waals surface area contributed by atoms with Gasteiger partial charge < -0.3 is 43.4 Å². The van der Waals surface area contributed by atoms with Crippen molar-refractivity contribution < 1.29 is 57.1 Å². The largest absolute Gasteiger partial charge is 0.493 e. The SMILES string of the molecule is COc1cc(C(=O)NCCCN2CCCCC2)ccc1OC1OC(COC(C)=O)C(OC(C)=O)C(OC(C)=O)C1OC(C)=O.Cl. The second-order valence-electron chi connectivity index (χ2n) is 10.6. The maximum absolute atomic E-state index is 12.8. The minimum atomic E-state index is -1.45. The molecule has 1 aromatic carbocycles. The van der Waals surface area contributed by atoms with Crippen molar-refractivity contribution in [2.24, 2.45) is 0 Å². The molecule has 0 saturated carbocycles. The summed E-state index contributed by atoms with van der Waals surface area (Å²) in [6.45, 7) is 7.79. The fourth-order valence-electron chi connectivity index (χ4n) is 5.10. The number of hydrogen-bond donors (Lipinski definition) is 1. The molecule has 14 nitrogen and oxygen atoms in total. The monoisotopic (exact) mass is 658 g/mol. The molecule has 2 fully saturated rings. The molecule has 2 heterocycles. The lowest BCUT2D eigenvalue weighted by atomic mass is 9.98. The van der Waals surface area contributed by atoms with Crippen LogP contribution in [0.15, 0.2) is 18.2 Å². The molecule has 2 aliphatic rings. The number of nitrogens with one attached hydrogen (secondary N) is 1. The number of carbonyl (C=O) groups is 5. The summed E-state index contributed by atoms with van der Waals surface area (Å²) >= 11 is 0. The van der Waals surface area contributed by atoms with Crippen LogP contribution in [0.3, 0.4) is 0 Å². The van der Waals surface area contributed by atoms with E-state index in [0.717, 1.165) is 46.8 Å². The van der Waals surface area contributed by atoms with Crippen LogP contribution in [0.2, 0.25) is 0 Å². The number of carbonyl (C=O) groups excluding carboxylic acids is 5. The van der Waals surface area contributed by atoms with E-state index in [1.165, 1.54) is 51.5 Å². The normalized spacial score (nSPS) is 23.0. The Morgan fingerprint density at radius 2 is 1.47 bits per heavy atom. The molecule has 2 saturated heterocycles. The third kappa shape index (κ3) is 11.7. The number of benzene rings is 1. The number of ether oxygens (including phenoxy) is 7. The van der Waals surface area contributed by atoms with Crippen LogP contribution in [0.25, 0.3) is 0 Å². The summed E-state index contributed by atoms with van der Waals surface area (Å²) in [6.07, 6.45) is -2.24. The van der Waals surface area contributed by atoms with Gasteiger partial charge in [0.15, 0.2) is 23.7 Å². The molecule has 1 N–H and O–H groups in total. The van der Waals surface area contributed by atoms with Crippen LogP contribution in [-0.4, -0.2) is 105 Å².